The van der Waals surface area contributed by atoms with Gasteiger partial charge in [-0.1, -0.05) is 19.4 Å². The number of amides is 1. The number of rotatable bonds is 4. The number of aryl methyl sites for hydroxylation is 1. The number of carbonyl (C=O) groups excluding carboxylic acids is 1. The van der Waals surface area contributed by atoms with E-state index in [-0.39, 0.29) is 10.8 Å². The Bertz CT molecular complexity index is 640. The molecule has 1 aromatic rings. The first-order chi connectivity index (χ1) is 9.77. The first kappa shape index (κ1) is 16.0. The van der Waals surface area contributed by atoms with E-state index in [1.165, 1.54) is 18.6 Å². The molecule has 6 heteroatoms. The van der Waals surface area contributed by atoms with Crippen molar-refractivity contribution in [1.82, 2.24) is 5.32 Å². The molecule has 0 bridgehead atoms. The Morgan fingerprint density at radius 1 is 1.38 bits per heavy atom. The second kappa shape index (κ2) is 6.15. The summed E-state index contributed by atoms with van der Waals surface area (Å²) in [6.45, 7) is 4.64. The summed E-state index contributed by atoms with van der Waals surface area (Å²) in [5, 5.41) is 8.01. The van der Waals surface area contributed by atoms with E-state index in [0.29, 0.717) is 18.0 Å². The van der Waals surface area contributed by atoms with Crippen molar-refractivity contribution in [2.75, 3.05) is 6.54 Å². The smallest absolute Gasteiger partial charge is 0.251 e. The molecule has 0 saturated heterocycles. The van der Waals surface area contributed by atoms with Gasteiger partial charge < -0.3 is 5.32 Å². The summed E-state index contributed by atoms with van der Waals surface area (Å²) in [5.41, 5.74) is 1.10. The highest BCUT2D eigenvalue weighted by Crippen LogP contribution is 2.29. The Hall–Kier alpha value is -1.40. The molecule has 0 heterocycles. The largest absolute Gasteiger partial charge is 0.352 e. The molecule has 1 aliphatic carbocycles. The van der Waals surface area contributed by atoms with E-state index in [1.807, 2.05) is 0 Å². The number of nitrogens with one attached hydrogen (secondary N) is 1. The Morgan fingerprint density at radius 3 is 2.67 bits per heavy atom. The quantitative estimate of drug-likeness (QED) is 0.888. The summed E-state index contributed by atoms with van der Waals surface area (Å²) in [5.74, 6) is 1.00. The number of carbonyl (C=O) groups is 1. The van der Waals surface area contributed by atoms with Crippen molar-refractivity contribution in [2.45, 2.75) is 38.0 Å². The van der Waals surface area contributed by atoms with Gasteiger partial charge in [0.1, 0.15) is 0 Å². The van der Waals surface area contributed by atoms with Gasteiger partial charge >= 0.3 is 0 Å². The zero-order chi connectivity index (χ0) is 15.6. The van der Waals surface area contributed by atoms with E-state index < -0.39 is 10.0 Å². The van der Waals surface area contributed by atoms with Crippen molar-refractivity contribution >= 4 is 15.9 Å². The molecule has 3 N–H and O–H groups in total. The minimum absolute atomic E-state index is 0.0345. The molecule has 1 saturated carbocycles. The molecule has 5 nitrogen and oxygen atoms in total. The molecule has 116 valence electrons. The molecule has 1 fully saturated rings. The number of hydrogen-bond donors (Lipinski definition) is 2. The molecular weight excluding hydrogens is 288 g/mol. The summed E-state index contributed by atoms with van der Waals surface area (Å²) in [7, 11) is -3.79. The van der Waals surface area contributed by atoms with Crippen molar-refractivity contribution < 1.29 is 13.2 Å². The second-order valence-electron chi connectivity index (χ2n) is 6.02. The Labute approximate surface area is 126 Å². The molecule has 21 heavy (non-hydrogen) atoms. The van der Waals surface area contributed by atoms with E-state index in [4.69, 9.17) is 5.14 Å². The highest BCUT2D eigenvalue weighted by Gasteiger charge is 2.22. The third-order valence-corrected chi connectivity index (χ3v) is 5.05. The van der Waals surface area contributed by atoms with Crippen LogP contribution in [0.5, 0.6) is 0 Å². The van der Waals surface area contributed by atoms with Crippen LogP contribution in [0.1, 0.15) is 42.1 Å². The summed E-state index contributed by atoms with van der Waals surface area (Å²) in [6, 6.07) is 4.36. The third kappa shape index (κ3) is 4.04. The fraction of sp³-hybridized carbons (Fsp3) is 0.533. The van der Waals surface area contributed by atoms with Gasteiger partial charge in [0.25, 0.3) is 5.91 Å². The van der Waals surface area contributed by atoms with Crippen LogP contribution < -0.4 is 10.5 Å². The van der Waals surface area contributed by atoms with E-state index in [1.54, 1.807) is 13.0 Å². The van der Waals surface area contributed by atoms with Gasteiger partial charge in [-0.3, -0.25) is 4.79 Å². The SMILES string of the molecule is Cc1ccc(S(N)(=O)=O)cc1C(=O)NCC1CCC(C)C1. The standard InChI is InChI=1S/C15H22N2O3S/c1-10-3-5-12(7-10)9-17-15(18)14-8-13(21(16,19)20)6-4-11(14)2/h4,6,8,10,12H,3,5,7,9H2,1-2H3,(H,17,18)(H2,16,19,20). The molecule has 0 radical (unpaired) electrons. The zero-order valence-corrected chi connectivity index (χ0v) is 13.2. The number of primary sulfonamides is 1. The summed E-state index contributed by atoms with van der Waals surface area (Å²) < 4.78 is 22.7. The summed E-state index contributed by atoms with van der Waals surface area (Å²) in [4.78, 5) is 12.2. The van der Waals surface area contributed by atoms with Gasteiger partial charge in [0.2, 0.25) is 10.0 Å². The van der Waals surface area contributed by atoms with Crippen LogP contribution in [0.3, 0.4) is 0 Å². The maximum absolute atomic E-state index is 12.2. The lowest BCUT2D eigenvalue weighted by atomic mass is 10.1. The first-order valence-electron chi connectivity index (χ1n) is 7.19. The van der Waals surface area contributed by atoms with Gasteiger partial charge in [0.05, 0.1) is 4.90 Å². The Balaban J connectivity index is 2.08. The number of benzene rings is 1. The van der Waals surface area contributed by atoms with Crippen LogP contribution >= 0.6 is 0 Å². The topological polar surface area (TPSA) is 89.3 Å². The molecule has 1 aromatic carbocycles. The summed E-state index contributed by atoms with van der Waals surface area (Å²) >= 11 is 0. The van der Waals surface area contributed by atoms with E-state index in [9.17, 15) is 13.2 Å². The van der Waals surface area contributed by atoms with E-state index in [0.717, 1.165) is 24.3 Å². The maximum Gasteiger partial charge on any atom is 0.251 e. The minimum atomic E-state index is -3.79. The van der Waals surface area contributed by atoms with Gasteiger partial charge in [-0.05, 0) is 49.3 Å². The van der Waals surface area contributed by atoms with E-state index in [2.05, 4.69) is 12.2 Å². The third-order valence-electron chi connectivity index (χ3n) is 4.14. The van der Waals surface area contributed by atoms with Crippen molar-refractivity contribution in [3.8, 4) is 0 Å². The first-order valence-corrected chi connectivity index (χ1v) is 8.73. The molecule has 2 atom stereocenters. The average molecular weight is 310 g/mol. The van der Waals surface area contributed by atoms with Crippen LogP contribution in [-0.2, 0) is 10.0 Å². The predicted molar refractivity (Wildman–Crippen MR) is 81.4 cm³/mol. The van der Waals surface area contributed by atoms with Crippen LogP contribution in [-0.4, -0.2) is 20.9 Å². The van der Waals surface area contributed by atoms with Gasteiger partial charge in [-0.15, -0.1) is 0 Å². The fourth-order valence-electron chi connectivity index (χ4n) is 2.87. The van der Waals surface area contributed by atoms with Crippen molar-refractivity contribution in [1.29, 1.82) is 0 Å². The normalized spacial score (nSPS) is 22.2. The van der Waals surface area contributed by atoms with Crippen LogP contribution in [0.2, 0.25) is 0 Å². The molecule has 0 spiro atoms. The second-order valence-corrected chi connectivity index (χ2v) is 7.58. The number of hydrogen-bond acceptors (Lipinski definition) is 3. The molecule has 2 unspecified atom stereocenters. The molecule has 0 aliphatic heterocycles. The maximum atomic E-state index is 12.2. The fourth-order valence-corrected chi connectivity index (χ4v) is 3.41. The van der Waals surface area contributed by atoms with Crippen LogP contribution in [0.15, 0.2) is 23.1 Å². The van der Waals surface area contributed by atoms with E-state index >= 15 is 0 Å². The van der Waals surface area contributed by atoms with Crippen molar-refractivity contribution in [2.24, 2.45) is 17.0 Å². The van der Waals surface area contributed by atoms with Crippen LogP contribution in [0.4, 0.5) is 0 Å². The van der Waals surface area contributed by atoms with Gasteiger partial charge in [0.15, 0.2) is 0 Å². The lowest BCUT2D eigenvalue weighted by molar-refractivity contribution is 0.0946. The van der Waals surface area contributed by atoms with Gasteiger partial charge in [0, 0.05) is 12.1 Å². The van der Waals surface area contributed by atoms with Crippen molar-refractivity contribution in [3.63, 3.8) is 0 Å². The highest BCUT2D eigenvalue weighted by atomic mass is 32.2. The zero-order valence-electron chi connectivity index (χ0n) is 12.4. The minimum Gasteiger partial charge on any atom is -0.352 e. The molecule has 0 aromatic heterocycles. The average Bonchev–Trinajstić information content (AvgIpc) is 2.81. The number of sulfonamides is 1. The summed E-state index contributed by atoms with van der Waals surface area (Å²) in [6.07, 6.45) is 3.48. The molecule has 2 rings (SSSR count). The molecular formula is C15H22N2O3S. The van der Waals surface area contributed by atoms with Crippen LogP contribution in [0.25, 0.3) is 0 Å². The number of nitrogens with two attached hydrogens (primary N) is 1. The highest BCUT2D eigenvalue weighted by molar-refractivity contribution is 7.89. The Morgan fingerprint density at radius 2 is 2.10 bits per heavy atom. The predicted octanol–water partition coefficient (Wildman–Crippen LogP) is 1.81. The molecule has 1 aliphatic rings. The molecule has 1 amide bonds. The lowest BCUT2D eigenvalue weighted by Gasteiger charge is -2.13. The lowest BCUT2D eigenvalue weighted by Crippen LogP contribution is -2.29. The Kier molecular flexibility index (Phi) is 4.68. The van der Waals surface area contributed by atoms with Gasteiger partial charge in [-0.2, -0.15) is 0 Å². The monoisotopic (exact) mass is 310 g/mol. The van der Waals surface area contributed by atoms with Crippen molar-refractivity contribution in [3.05, 3.63) is 29.3 Å². The van der Waals surface area contributed by atoms with Crippen LogP contribution in [0, 0.1) is 18.8 Å². The van der Waals surface area contributed by atoms with Gasteiger partial charge in [-0.25, -0.2) is 13.6 Å².